The Bertz CT molecular complexity index is 544. The minimum Gasteiger partial charge on any atom is -0.357 e. The topological polar surface area (TPSA) is 45.2 Å². The summed E-state index contributed by atoms with van der Waals surface area (Å²) in [5.41, 5.74) is 1.06. The summed E-state index contributed by atoms with van der Waals surface area (Å²) in [7, 11) is 0. The fourth-order valence-electron chi connectivity index (χ4n) is 3.32. The Morgan fingerprint density at radius 1 is 1.30 bits per heavy atom. The largest absolute Gasteiger partial charge is 0.357 e. The number of aromatic nitrogens is 1. The highest BCUT2D eigenvalue weighted by atomic mass is 16.1. The van der Waals surface area contributed by atoms with Crippen LogP contribution in [0.25, 0.3) is 0 Å². The molecule has 1 amide bonds. The number of hydrogen-bond donors (Lipinski definition) is 1. The van der Waals surface area contributed by atoms with Crippen molar-refractivity contribution in [3.05, 3.63) is 36.0 Å². The lowest BCUT2D eigenvalue weighted by molar-refractivity contribution is -0.121. The van der Waals surface area contributed by atoms with Crippen LogP contribution in [0.5, 0.6) is 0 Å². The summed E-state index contributed by atoms with van der Waals surface area (Å²) in [5, 5.41) is 3.00. The molecule has 2 heterocycles. The Morgan fingerprint density at radius 2 is 2.13 bits per heavy atom. The standard InChI is InChI=1S/C19H27N3O/c1-15-8-10-22(11-9-15)18-7-6-17(13-20-18)14-21-19(23)12-16-4-2-3-5-16/h2,4,6-7,13,15-16H,3,5,8-12,14H2,1H3,(H,21,23)/t16-/m1/s1. The number of anilines is 1. The van der Waals surface area contributed by atoms with Gasteiger partial charge in [0.25, 0.3) is 0 Å². The van der Waals surface area contributed by atoms with Gasteiger partial charge in [-0.05, 0) is 49.1 Å². The van der Waals surface area contributed by atoms with Gasteiger partial charge in [0.05, 0.1) is 0 Å². The van der Waals surface area contributed by atoms with Gasteiger partial charge in [-0.25, -0.2) is 4.98 Å². The molecule has 4 heteroatoms. The number of hydrogen-bond acceptors (Lipinski definition) is 3. The molecular formula is C19H27N3O. The maximum atomic E-state index is 11.9. The number of carbonyl (C=O) groups excluding carboxylic acids is 1. The molecule has 3 rings (SSSR count). The maximum Gasteiger partial charge on any atom is 0.220 e. The van der Waals surface area contributed by atoms with Crippen molar-refractivity contribution in [3.63, 3.8) is 0 Å². The number of allylic oxidation sites excluding steroid dienone is 2. The van der Waals surface area contributed by atoms with Crippen LogP contribution in [-0.4, -0.2) is 24.0 Å². The average molecular weight is 313 g/mol. The first-order valence-corrected chi connectivity index (χ1v) is 8.84. The minimum atomic E-state index is 0.135. The zero-order chi connectivity index (χ0) is 16.1. The van der Waals surface area contributed by atoms with E-state index in [4.69, 9.17) is 0 Å². The van der Waals surface area contributed by atoms with E-state index in [9.17, 15) is 4.79 Å². The fraction of sp³-hybridized carbons (Fsp3) is 0.579. The molecule has 1 atom stereocenters. The Kier molecular flexibility index (Phi) is 5.31. The van der Waals surface area contributed by atoms with Gasteiger partial charge in [0.15, 0.2) is 0 Å². The Labute approximate surface area is 139 Å². The van der Waals surface area contributed by atoms with Crippen molar-refractivity contribution in [1.29, 1.82) is 0 Å². The van der Waals surface area contributed by atoms with Crippen molar-refractivity contribution in [3.8, 4) is 0 Å². The molecule has 1 aliphatic carbocycles. The van der Waals surface area contributed by atoms with Crippen LogP contribution in [0.2, 0.25) is 0 Å². The van der Waals surface area contributed by atoms with E-state index in [-0.39, 0.29) is 5.91 Å². The molecule has 2 aliphatic rings. The van der Waals surface area contributed by atoms with Crippen LogP contribution in [0, 0.1) is 11.8 Å². The zero-order valence-corrected chi connectivity index (χ0v) is 14.0. The van der Waals surface area contributed by atoms with Crippen LogP contribution in [-0.2, 0) is 11.3 Å². The number of rotatable bonds is 5. The summed E-state index contributed by atoms with van der Waals surface area (Å²) < 4.78 is 0. The van der Waals surface area contributed by atoms with Crippen LogP contribution >= 0.6 is 0 Å². The Balaban J connectivity index is 1.45. The van der Waals surface area contributed by atoms with Gasteiger partial charge in [0.2, 0.25) is 5.91 Å². The van der Waals surface area contributed by atoms with Gasteiger partial charge in [-0.1, -0.05) is 25.1 Å². The molecule has 0 aromatic carbocycles. The van der Waals surface area contributed by atoms with E-state index in [1.54, 1.807) is 0 Å². The van der Waals surface area contributed by atoms with E-state index in [2.05, 4.69) is 46.4 Å². The first-order chi connectivity index (χ1) is 11.2. The molecular weight excluding hydrogens is 286 g/mol. The van der Waals surface area contributed by atoms with Crippen LogP contribution in [0.3, 0.4) is 0 Å². The number of piperidine rings is 1. The van der Waals surface area contributed by atoms with Crippen molar-refractivity contribution < 1.29 is 4.79 Å². The van der Waals surface area contributed by atoms with E-state index in [1.807, 2.05) is 6.20 Å². The molecule has 1 aliphatic heterocycles. The van der Waals surface area contributed by atoms with E-state index in [0.29, 0.717) is 18.9 Å². The normalized spacial score (nSPS) is 21.6. The van der Waals surface area contributed by atoms with Crippen molar-refractivity contribution in [2.24, 2.45) is 11.8 Å². The monoisotopic (exact) mass is 313 g/mol. The van der Waals surface area contributed by atoms with E-state index < -0.39 is 0 Å². The maximum absolute atomic E-state index is 11.9. The van der Waals surface area contributed by atoms with Crippen LogP contribution < -0.4 is 10.2 Å². The third-order valence-electron chi connectivity index (χ3n) is 4.97. The number of pyridine rings is 1. The molecule has 0 saturated carbocycles. The molecule has 0 spiro atoms. The van der Waals surface area contributed by atoms with E-state index >= 15 is 0 Å². The highest BCUT2D eigenvalue weighted by Crippen LogP contribution is 2.22. The van der Waals surface area contributed by atoms with Crippen LogP contribution in [0.15, 0.2) is 30.5 Å². The quantitative estimate of drug-likeness (QED) is 0.848. The summed E-state index contributed by atoms with van der Waals surface area (Å²) >= 11 is 0. The first-order valence-electron chi connectivity index (χ1n) is 8.84. The molecule has 0 unspecified atom stereocenters. The third-order valence-corrected chi connectivity index (χ3v) is 4.97. The van der Waals surface area contributed by atoms with Crippen molar-refractivity contribution in [2.45, 2.75) is 45.6 Å². The van der Waals surface area contributed by atoms with Gasteiger partial charge >= 0.3 is 0 Å². The summed E-state index contributed by atoms with van der Waals surface area (Å²) in [6.07, 6.45) is 11.5. The predicted molar refractivity (Wildman–Crippen MR) is 93.2 cm³/mol. The van der Waals surface area contributed by atoms with Gasteiger partial charge in [-0.3, -0.25) is 4.79 Å². The summed E-state index contributed by atoms with van der Waals surface area (Å²) in [5.74, 6) is 2.45. The third kappa shape index (κ3) is 4.57. The summed E-state index contributed by atoms with van der Waals surface area (Å²) in [4.78, 5) is 18.9. The molecule has 124 valence electrons. The van der Waals surface area contributed by atoms with Gasteiger partial charge in [0.1, 0.15) is 5.82 Å². The second-order valence-electron chi connectivity index (χ2n) is 6.94. The molecule has 0 bridgehead atoms. The highest BCUT2D eigenvalue weighted by Gasteiger charge is 2.17. The lowest BCUT2D eigenvalue weighted by Crippen LogP contribution is -2.33. The number of nitrogens with one attached hydrogen (secondary N) is 1. The van der Waals surface area contributed by atoms with Crippen LogP contribution in [0.1, 0.15) is 44.6 Å². The first kappa shape index (κ1) is 16.0. The second-order valence-corrected chi connectivity index (χ2v) is 6.94. The van der Waals surface area contributed by atoms with E-state index in [1.165, 1.54) is 12.8 Å². The van der Waals surface area contributed by atoms with E-state index in [0.717, 1.165) is 43.2 Å². The smallest absolute Gasteiger partial charge is 0.220 e. The number of nitrogens with zero attached hydrogens (tertiary/aromatic N) is 2. The molecule has 1 aromatic heterocycles. The SMILES string of the molecule is CC1CCN(c2ccc(CNC(=O)C[C@@H]3C=CCC3)cn2)CC1. The van der Waals surface area contributed by atoms with Crippen molar-refractivity contribution >= 4 is 11.7 Å². The minimum absolute atomic E-state index is 0.135. The van der Waals surface area contributed by atoms with Gasteiger partial charge in [0, 0.05) is 32.3 Å². The average Bonchev–Trinajstić information content (AvgIpc) is 3.07. The molecule has 1 fully saturated rings. The Hall–Kier alpha value is -1.84. The molecule has 0 radical (unpaired) electrons. The Morgan fingerprint density at radius 3 is 2.78 bits per heavy atom. The van der Waals surface area contributed by atoms with Crippen molar-refractivity contribution in [2.75, 3.05) is 18.0 Å². The summed E-state index contributed by atoms with van der Waals surface area (Å²) in [6.45, 7) is 5.08. The molecule has 4 nitrogen and oxygen atoms in total. The molecule has 1 aromatic rings. The summed E-state index contributed by atoms with van der Waals surface area (Å²) in [6, 6.07) is 4.16. The lowest BCUT2D eigenvalue weighted by atomic mass is 9.99. The molecule has 23 heavy (non-hydrogen) atoms. The second kappa shape index (κ2) is 7.62. The number of amides is 1. The number of carbonyl (C=O) groups is 1. The zero-order valence-electron chi connectivity index (χ0n) is 14.0. The predicted octanol–water partition coefficient (Wildman–Crippen LogP) is 3.29. The highest BCUT2D eigenvalue weighted by molar-refractivity contribution is 5.76. The van der Waals surface area contributed by atoms with Crippen molar-refractivity contribution in [1.82, 2.24) is 10.3 Å². The van der Waals surface area contributed by atoms with Gasteiger partial charge in [-0.15, -0.1) is 0 Å². The molecule has 1 N–H and O–H groups in total. The van der Waals surface area contributed by atoms with Gasteiger partial charge in [-0.2, -0.15) is 0 Å². The lowest BCUT2D eigenvalue weighted by Gasteiger charge is -2.31. The fourth-order valence-corrected chi connectivity index (χ4v) is 3.32. The van der Waals surface area contributed by atoms with Gasteiger partial charge < -0.3 is 10.2 Å². The molecule has 1 saturated heterocycles. The van der Waals surface area contributed by atoms with Crippen LogP contribution in [0.4, 0.5) is 5.82 Å².